The van der Waals surface area contributed by atoms with Crippen molar-refractivity contribution >= 4 is 26.0 Å². The highest BCUT2D eigenvalue weighted by molar-refractivity contribution is 9.10. The molecule has 1 saturated heterocycles. The fourth-order valence-corrected chi connectivity index (χ4v) is 4.34. The molecule has 1 fully saturated rings. The van der Waals surface area contributed by atoms with Crippen LogP contribution < -0.4 is 0 Å². The highest BCUT2D eigenvalue weighted by atomic mass is 79.9. The lowest BCUT2D eigenvalue weighted by Crippen LogP contribution is -2.39. The van der Waals surface area contributed by atoms with E-state index in [0.29, 0.717) is 23.9 Å². The zero-order chi connectivity index (χ0) is 12.5. The van der Waals surface area contributed by atoms with E-state index >= 15 is 0 Å². The van der Waals surface area contributed by atoms with Crippen LogP contribution in [0.2, 0.25) is 0 Å². The summed E-state index contributed by atoms with van der Waals surface area (Å²) < 4.78 is 27.2. The van der Waals surface area contributed by atoms with Crippen molar-refractivity contribution in [2.75, 3.05) is 13.1 Å². The summed E-state index contributed by atoms with van der Waals surface area (Å²) in [5.74, 6) is 0.450. The van der Waals surface area contributed by atoms with Gasteiger partial charge in [0.25, 0.3) is 0 Å². The molecule has 0 bridgehead atoms. The Morgan fingerprint density at radius 2 is 2.18 bits per heavy atom. The van der Waals surface area contributed by atoms with E-state index in [9.17, 15) is 8.42 Å². The molecule has 0 radical (unpaired) electrons. The Morgan fingerprint density at radius 1 is 1.41 bits per heavy atom. The smallest absolute Gasteiger partial charge is 0.207 e. The first kappa shape index (κ1) is 13.1. The number of halogens is 1. The lowest BCUT2D eigenvalue weighted by Gasteiger charge is -2.30. The molecule has 0 unspecified atom stereocenters. The van der Waals surface area contributed by atoms with Crippen LogP contribution in [-0.4, -0.2) is 25.8 Å². The topological polar surface area (TPSA) is 37.4 Å². The van der Waals surface area contributed by atoms with Gasteiger partial charge in [-0.1, -0.05) is 28.9 Å². The molecule has 0 N–H and O–H groups in total. The minimum Gasteiger partial charge on any atom is -0.207 e. The molecule has 1 atom stereocenters. The molecule has 1 heterocycles. The normalized spacial score (nSPS) is 22.6. The summed E-state index contributed by atoms with van der Waals surface area (Å²) >= 11 is 3.31. The molecule has 1 aromatic carbocycles. The zero-order valence-corrected chi connectivity index (χ0v) is 12.2. The van der Waals surface area contributed by atoms with Gasteiger partial charge in [-0.3, -0.25) is 0 Å². The number of sulfonamides is 1. The van der Waals surface area contributed by atoms with E-state index in [4.69, 9.17) is 0 Å². The Hall–Kier alpha value is -0.390. The SMILES string of the molecule is C[C@@H]1CCCN(S(=O)(=O)c2cccc(Br)c2)C1. The number of benzene rings is 1. The number of hydrogen-bond donors (Lipinski definition) is 0. The fraction of sp³-hybridized carbons (Fsp3) is 0.500. The van der Waals surface area contributed by atoms with Crippen molar-refractivity contribution in [3.63, 3.8) is 0 Å². The molecule has 0 aliphatic carbocycles. The van der Waals surface area contributed by atoms with Crippen molar-refractivity contribution in [3.8, 4) is 0 Å². The molecular weight excluding hydrogens is 302 g/mol. The average Bonchev–Trinajstić information content (AvgIpc) is 2.29. The van der Waals surface area contributed by atoms with Crippen molar-refractivity contribution in [1.29, 1.82) is 0 Å². The molecule has 0 amide bonds. The predicted octanol–water partition coefficient (Wildman–Crippen LogP) is 2.87. The second-order valence-electron chi connectivity index (χ2n) is 4.57. The molecule has 0 spiro atoms. The maximum absolute atomic E-state index is 12.4. The summed E-state index contributed by atoms with van der Waals surface area (Å²) in [6.45, 7) is 3.37. The van der Waals surface area contributed by atoms with Gasteiger partial charge in [-0.05, 0) is 37.0 Å². The van der Waals surface area contributed by atoms with Crippen LogP contribution in [-0.2, 0) is 10.0 Å². The maximum atomic E-state index is 12.4. The van der Waals surface area contributed by atoms with Crippen LogP contribution in [0.25, 0.3) is 0 Å². The van der Waals surface area contributed by atoms with Gasteiger partial charge in [-0.15, -0.1) is 0 Å². The van der Waals surface area contributed by atoms with Crippen molar-refractivity contribution < 1.29 is 8.42 Å². The third kappa shape index (κ3) is 2.89. The molecule has 17 heavy (non-hydrogen) atoms. The summed E-state index contributed by atoms with van der Waals surface area (Å²) in [4.78, 5) is 0.376. The Bertz CT molecular complexity index is 501. The van der Waals surface area contributed by atoms with Gasteiger partial charge in [0.05, 0.1) is 4.90 Å². The van der Waals surface area contributed by atoms with Crippen LogP contribution in [0.5, 0.6) is 0 Å². The minimum atomic E-state index is -3.31. The molecule has 1 aliphatic rings. The lowest BCUT2D eigenvalue weighted by molar-refractivity contribution is 0.281. The molecule has 2 rings (SSSR count). The predicted molar refractivity (Wildman–Crippen MR) is 71.3 cm³/mol. The third-order valence-corrected chi connectivity index (χ3v) is 5.41. The fourth-order valence-electron chi connectivity index (χ4n) is 2.14. The van der Waals surface area contributed by atoms with E-state index in [1.54, 1.807) is 22.5 Å². The van der Waals surface area contributed by atoms with Gasteiger partial charge in [0.1, 0.15) is 0 Å². The van der Waals surface area contributed by atoms with Crippen molar-refractivity contribution in [2.24, 2.45) is 5.92 Å². The number of hydrogen-bond acceptors (Lipinski definition) is 2. The van der Waals surface area contributed by atoms with Gasteiger partial charge in [0.15, 0.2) is 0 Å². The summed E-state index contributed by atoms with van der Waals surface area (Å²) in [5.41, 5.74) is 0. The van der Waals surface area contributed by atoms with E-state index in [1.807, 2.05) is 6.07 Å². The first-order valence-corrected chi connectivity index (χ1v) is 7.99. The Balaban J connectivity index is 2.29. The van der Waals surface area contributed by atoms with Crippen LogP contribution >= 0.6 is 15.9 Å². The minimum absolute atomic E-state index is 0.376. The van der Waals surface area contributed by atoms with Gasteiger partial charge in [-0.25, -0.2) is 8.42 Å². The molecular formula is C12H16BrNO2S. The molecule has 0 saturated carbocycles. The van der Waals surface area contributed by atoms with Gasteiger partial charge >= 0.3 is 0 Å². The van der Waals surface area contributed by atoms with Crippen LogP contribution in [0.1, 0.15) is 19.8 Å². The highest BCUT2D eigenvalue weighted by Gasteiger charge is 2.28. The molecule has 1 aromatic rings. The van der Waals surface area contributed by atoms with Crippen LogP contribution in [0.3, 0.4) is 0 Å². The summed E-state index contributed by atoms with van der Waals surface area (Å²) in [6, 6.07) is 6.90. The monoisotopic (exact) mass is 317 g/mol. The molecule has 94 valence electrons. The Morgan fingerprint density at radius 3 is 2.82 bits per heavy atom. The first-order valence-electron chi connectivity index (χ1n) is 5.76. The maximum Gasteiger partial charge on any atom is 0.243 e. The molecule has 1 aliphatic heterocycles. The van der Waals surface area contributed by atoms with Crippen LogP contribution in [0.15, 0.2) is 33.6 Å². The largest absolute Gasteiger partial charge is 0.243 e. The summed E-state index contributed by atoms with van der Waals surface area (Å²) in [7, 11) is -3.31. The quantitative estimate of drug-likeness (QED) is 0.841. The standard InChI is InChI=1S/C12H16BrNO2S/c1-10-4-3-7-14(9-10)17(15,16)12-6-2-5-11(13)8-12/h2,5-6,8,10H,3-4,7,9H2,1H3/t10-/m1/s1. The van der Waals surface area contributed by atoms with Crippen molar-refractivity contribution in [2.45, 2.75) is 24.7 Å². The first-order chi connectivity index (χ1) is 8.00. The van der Waals surface area contributed by atoms with E-state index in [-0.39, 0.29) is 0 Å². The van der Waals surface area contributed by atoms with Gasteiger partial charge in [-0.2, -0.15) is 4.31 Å². The summed E-state index contributed by atoms with van der Waals surface area (Å²) in [5, 5.41) is 0. The third-order valence-electron chi connectivity index (χ3n) is 3.05. The highest BCUT2D eigenvalue weighted by Crippen LogP contribution is 2.24. The van der Waals surface area contributed by atoms with Crippen LogP contribution in [0, 0.1) is 5.92 Å². The Labute approximate surface area is 111 Å². The van der Waals surface area contributed by atoms with Crippen molar-refractivity contribution in [3.05, 3.63) is 28.7 Å². The Kier molecular flexibility index (Phi) is 3.90. The van der Waals surface area contributed by atoms with E-state index in [0.717, 1.165) is 17.3 Å². The van der Waals surface area contributed by atoms with E-state index < -0.39 is 10.0 Å². The lowest BCUT2D eigenvalue weighted by atomic mass is 10.0. The van der Waals surface area contributed by atoms with Crippen LogP contribution in [0.4, 0.5) is 0 Å². The average molecular weight is 318 g/mol. The number of rotatable bonds is 2. The van der Waals surface area contributed by atoms with Gasteiger partial charge in [0.2, 0.25) is 10.0 Å². The zero-order valence-electron chi connectivity index (χ0n) is 9.77. The van der Waals surface area contributed by atoms with E-state index in [2.05, 4.69) is 22.9 Å². The van der Waals surface area contributed by atoms with Crippen molar-refractivity contribution in [1.82, 2.24) is 4.31 Å². The van der Waals surface area contributed by atoms with Gasteiger partial charge < -0.3 is 0 Å². The van der Waals surface area contributed by atoms with Gasteiger partial charge in [0, 0.05) is 17.6 Å². The molecule has 0 aromatic heterocycles. The van der Waals surface area contributed by atoms with E-state index in [1.165, 1.54) is 0 Å². The number of nitrogens with zero attached hydrogens (tertiary/aromatic N) is 1. The molecule has 3 nitrogen and oxygen atoms in total. The second-order valence-corrected chi connectivity index (χ2v) is 7.42. The number of piperidine rings is 1. The second kappa shape index (κ2) is 5.08. The molecule has 5 heteroatoms. The summed E-state index contributed by atoms with van der Waals surface area (Å²) in [6.07, 6.45) is 2.07.